The zero-order chi connectivity index (χ0) is 21.5. The minimum absolute atomic E-state index is 0.0169. The van der Waals surface area contributed by atoms with Gasteiger partial charge in [-0.05, 0) is 30.9 Å². The number of rotatable bonds is 8. The number of aromatic nitrogens is 1. The summed E-state index contributed by atoms with van der Waals surface area (Å²) in [7, 11) is 0. The average molecular weight is 410 g/mol. The van der Waals surface area contributed by atoms with Crippen LogP contribution in [0.3, 0.4) is 0 Å². The first kappa shape index (κ1) is 24.0. The second-order valence-corrected chi connectivity index (χ2v) is 8.97. The van der Waals surface area contributed by atoms with Gasteiger partial charge in [0.15, 0.2) is 0 Å². The molecule has 0 saturated heterocycles. The Labute approximate surface area is 173 Å². The molecule has 0 amide bonds. The summed E-state index contributed by atoms with van der Waals surface area (Å²) in [5.74, 6) is -0.00409. The topological polar surface area (TPSA) is 84.3 Å². The van der Waals surface area contributed by atoms with E-state index in [-0.39, 0.29) is 33.5 Å². The molecule has 2 N–H and O–H groups in total. The fraction of sp³-hybridized carbons (Fsp3) is 0.571. The van der Waals surface area contributed by atoms with E-state index in [0.29, 0.717) is 12.4 Å². The molecule has 0 spiro atoms. The Bertz CT molecular complexity index is 724. The number of carbonyl (C=O) groups is 1. The molecule has 0 saturated carbocycles. The van der Waals surface area contributed by atoms with Crippen molar-refractivity contribution in [2.45, 2.75) is 61.0 Å². The van der Waals surface area contributed by atoms with Gasteiger partial charge in [-0.3, -0.25) is 5.41 Å². The van der Waals surface area contributed by atoms with Gasteiger partial charge in [-0.2, -0.15) is 0 Å². The Morgan fingerprint density at radius 2 is 1.96 bits per heavy atom. The zero-order valence-electron chi connectivity index (χ0n) is 17.9. The predicted molar refractivity (Wildman–Crippen MR) is 114 cm³/mol. The lowest BCUT2D eigenvalue weighted by molar-refractivity contribution is -0.00117. The molecule has 1 heterocycles. The third-order valence-corrected chi connectivity index (χ3v) is 4.78. The second kappa shape index (κ2) is 9.92. The minimum atomic E-state index is -0.494. The first-order chi connectivity index (χ1) is 12.9. The van der Waals surface area contributed by atoms with Gasteiger partial charge in [-0.15, -0.1) is 0 Å². The van der Waals surface area contributed by atoms with E-state index in [1.807, 2.05) is 41.5 Å². The van der Waals surface area contributed by atoms with Gasteiger partial charge >= 0.3 is 5.97 Å². The quantitative estimate of drug-likeness (QED) is 0.249. The number of ether oxygens (including phenoxy) is 2. The molecule has 0 unspecified atom stereocenters. The van der Waals surface area contributed by atoms with Gasteiger partial charge in [0.1, 0.15) is 17.1 Å². The lowest BCUT2D eigenvalue weighted by Crippen LogP contribution is -2.31. The molecule has 156 valence electrons. The zero-order valence-corrected chi connectivity index (χ0v) is 18.6. The molecule has 0 aliphatic carbocycles. The highest BCUT2D eigenvalue weighted by Gasteiger charge is 2.28. The van der Waals surface area contributed by atoms with E-state index in [2.05, 4.69) is 17.2 Å². The Hall–Kier alpha value is -2.08. The Morgan fingerprint density at radius 3 is 2.50 bits per heavy atom. The van der Waals surface area contributed by atoms with Crippen molar-refractivity contribution in [1.82, 2.24) is 4.98 Å². The number of carbonyl (C=O) groups excluding carboxylic acids is 1. The molecule has 1 rings (SSSR count). The third-order valence-electron chi connectivity index (χ3n) is 4.49. The van der Waals surface area contributed by atoms with Gasteiger partial charge in [0.2, 0.25) is 5.90 Å². The van der Waals surface area contributed by atoms with Crippen LogP contribution in [0.2, 0.25) is 5.15 Å². The summed E-state index contributed by atoms with van der Waals surface area (Å²) in [6.07, 6.45) is 3.66. The third kappa shape index (κ3) is 7.89. The number of nitrogens with one attached hydrogen (secondary N) is 2. The van der Waals surface area contributed by atoms with E-state index >= 15 is 0 Å². The Balaban J connectivity index is 2.68. The molecule has 28 heavy (non-hydrogen) atoms. The summed E-state index contributed by atoms with van der Waals surface area (Å²) in [6, 6.07) is 3.20. The van der Waals surface area contributed by atoms with Gasteiger partial charge < -0.3 is 14.8 Å². The maximum atomic E-state index is 12.4. The molecule has 0 aliphatic rings. The van der Waals surface area contributed by atoms with Crippen LogP contribution in [0.5, 0.6) is 0 Å². The van der Waals surface area contributed by atoms with E-state index in [1.54, 1.807) is 12.1 Å². The summed E-state index contributed by atoms with van der Waals surface area (Å²) in [5, 5.41) is 10.7. The summed E-state index contributed by atoms with van der Waals surface area (Å²) in [4.78, 5) is 16.5. The van der Waals surface area contributed by atoms with Crippen LogP contribution in [0.15, 0.2) is 24.4 Å². The predicted octanol–water partition coefficient (Wildman–Crippen LogP) is 5.68. The standard InChI is InChI=1S/C21H32ClN3O3/c1-8-21(6,7)14(2)28-19(26)15-9-10-17(25-18(15)22)24-12-11-16(23)27-13-20(3,4)5/h9-12,14,23H,8,13H2,1-7H3,(H,24,25)/b12-11-,23-16?/t14-/m1/s1. The molecule has 1 aromatic rings. The van der Waals surface area contributed by atoms with Crippen molar-refractivity contribution in [3.8, 4) is 0 Å². The largest absolute Gasteiger partial charge is 0.477 e. The lowest BCUT2D eigenvalue weighted by atomic mass is 9.85. The van der Waals surface area contributed by atoms with Crippen molar-refractivity contribution in [1.29, 1.82) is 5.41 Å². The number of hydrogen-bond acceptors (Lipinski definition) is 6. The first-order valence-electron chi connectivity index (χ1n) is 9.37. The maximum absolute atomic E-state index is 12.4. The SMILES string of the molecule is CCC(C)(C)[C@@H](C)OC(=O)c1ccc(N/C=C\C(=N)OCC(C)(C)C)nc1Cl. The summed E-state index contributed by atoms with van der Waals surface area (Å²) in [6.45, 7) is 14.6. The van der Waals surface area contributed by atoms with E-state index < -0.39 is 5.97 Å². The fourth-order valence-electron chi connectivity index (χ4n) is 1.88. The summed E-state index contributed by atoms with van der Waals surface area (Å²) < 4.78 is 10.9. The number of halogens is 1. The normalized spacial score (nSPS) is 13.3. The molecule has 6 nitrogen and oxygen atoms in total. The van der Waals surface area contributed by atoms with Crippen molar-refractivity contribution >= 4 is 29.3 Å². The van der Waals surface area contributed by atoms with E-state index in [1.165, 1.54) is 12.3 Å². The molecule has 0 aromatic carbocycles. The average Bonchev–Trinajstić information content (AvgIpc) is 2.59. The van der Waals surface area contributed by atoms with Gasteiger partial charge in [-0.1, -0.05) is 53.1 Å². The number of nitrogens with zero attached hydrogens (tertiary/aromatic N) is 1. The van der Waals surface area contributed by atoms with Crippen LogP contribution in [0, 0.1) is 16.2 Å². The minimum Gasteiger partial charge on any atom is -0.477 e. The van der Waals surface area contributed by atoms with Crippen molar-refractivity contribution in [3.63, 3.8) is 0 Å². The molecule has 0 aliphatic heterocycles. The van der Waals surface area contributed by atoms with Crippen LogP contribution in [0.1, 0.15) is 65.2 Å². The van der Waals surface area contributed by atoms with Crippen LogP contribution in [0.4, 0.5) is 5.82 Å². The molecular weight excluding hydrogens is 378 g/mol. The monoisotopic (exact) mass is 409 g/mol. The number of hydrogen-bond donors (Lipinski definition) is 2. The van der Waals surface area contributed by atoms with Crippen molar-refractivity contribution in [2.75, 3.05) is 11.9 Å². The highest BCUT2D eigenvalue weighted by molar-refractivity contribution is 6.32. The molecular formula is C21H32ClN3O3. The first-order valence-corrected chi connectivity index (χ1v) is 9.75. The highest BCUT2D eigenvalue weighted by Crippen LogP contribution is 2.28. The number of esters is 1. The van der Waals surface area contributed by atoms with E-state index in [0.717, 1.165) is 6.42 Å². The maximum Gasteiger partial charge on any atom is 0.341 e. The van der Waals surface area contributed by atoms with Gasteiger partial charge in [0, 0.05) is 17.7 Å². The Morgan fingerprint density at radius 1 is 1.32 bits per heavy atom. The molecule has 1 aromatic heterocycles. The van der Waals surface area contributed by atoms with Crippen LogP contribution in [0.25, 0.3) is 0 Å². The molecule has 0 fully saturated rings. The molecule has 7 heteroatoms. The molecule has 0 bridgehead atoms. The van der Waals surface area contributed by atoms with Gasteiger partial charge in [-0.25, -0.2) is 9.78 Å². The smallest absolute Gasteiger partial charge is 0.341 e. The Kier molecular flexibility index (Phi) is 8.48. The molecule has 1 atom stereocenters. The summed E-state index contributed by atoms with van der Waals surface area (Å²) >= 11 is 6.15. The number of anilines is 1. The van der Waals surface area contributed by atoms with Crippen molar-refractivity contribution < 1.29 is 14.3 Å². The highest BCUT2D eigenvalue weighted by atomic mass is 35.5. The van der Waals surface area contributed by atoms with Crippen molar-refractivity contribution in [3.05, 3.63) is 35.1 Å². The summed E-state index contributed by atoms with van der Waals surface area (Å²) in [5.41, 5.74) is 0.0781. The van der Waals surface area contributed by atoms with Gasteiger partial charge in [0.05, 0.1) is 12.2 Å². The van der Waals surface area contributed by atoms with Crippen LogP contribution < -0.4 is 5.32 Å². The van der Waals surface area contributed by atoms with Crippen LogP contribution in [-0.2, 0) is 9.47 Å². The second-order valence-electron chi connectivity index (χ2n) is 8.62. The van der Waals surface area contributed by atoms with Crippen molar-refractivity contribution in [2.24, 2.45) is 10.8 Å². The van der Waals surface area contributed by atoms with Gasteiger partial charge in [0.25, 0.3) is 0 Å². The lowest BCUT2D eigenvalue weighted by Gasteiger charge is -2.30. The van der Waals surface area contributed by atoms with E-state index in [4.69, 9.17) is 26.5 Å². The van der Waals surface area contributed by atoms with Crippen LogP contribution in [-0.4, -0.2) is 29.6 Å². The molecule has 0 radical (unpaired) electrons. The fourth-order valence-corrected chi connectivity index (χ4v) is 2.11. The van der Waals surface area contributed by atoms with E-state index in [9.17, 15) is 4.79 Å². The number of pyridine rings is 1. The van der Waals surface area contributed by atoms with Crippen LogP contribution >= 0.6 is 11.6 Å².